The number of phenolic OH excluding ortho intramolecular Hbond substituents is 1. The molecule has 0 fully saturated rings. The Morgan fingerprint density at radius 3 is 2.47 bits per heavy atom. The molecule has 150 valence electrons. The van der Waals surface area contributed by atoms with Crippen molar-refractivity contribution in [3.05, 3.63) is 89.0 Å². The quantitative estimate of drug-likeness (QED) is 0.626. The summed E-state index contributed by atoms with van der Waals surface area (Å²) in [5.41, 5.74) is 1.33. The second-order valence-electron chi connectivity index (χ2n) is 7.50. The van der Waals surface area contributed by atoms with Gasteiger partial charge in [0, 0.05) is 22.1 Å². The number of carbonyl (C=O) groups excluding carboxylic acids is 3. The van der Waals surface area contributed by atoms with Crippen LogP contribution in [0.1, 0.15) is 44.4 Å². The smallest absolute Gasteiger partial charge is 0.341 e. The third-order valence-electron chi connectivity index (χ3n) is 5.22. The first-order valence-corrected chi connectivity index (χ1v) is 9.72. The lowest BCUT2D eigenvalue weighted by molar-refractivity contribution is 0.0446. The highest BCUT2D eigenvalue weighted by molar-refractivity contribution is 6.24. The lowest BCUT2D eigenvalue weighted by atomic mass is 9.86. The first-order chi connectivity index (χ1) is 14.5. The summed E-state index contributed by atoms with van der Waals surface area (Å²) in [6.07, 6.45) is 1.69. The fourth-order valence-electron chi connectivity index (χ4n) is 3.67. The van der Waals surface area contributed by atoms with Crippen molar-refractivity contribution in [2.45, 2.75) is 13.3 Å². The number of benzene rings is 3. The largest absolute Gasteiger partial charge is 0.506 e. The number of esters is 1. The fourth-order valence-corrected chi connectivity index (χ4v) is 3.67. The highest BCUT2D eigenvalue weighted by Crippen LogP contribution is 2.30. The zero-order valence-electron chi connectivity index (χ0n) is 16.4. The number of carbonyl (C=O) groups is 3. The van der Waals surface area contributed by atoms with Crippen LogP contribution in [0.4, 0.5) is 0 Å². The van der Waals surface area contributed by atoms with Gasteiger partial charge < -0.3 is 9.84 Å². The van der Waals surface area contributed by atoms with E-state index in [-0.39, 0.29) is 35.4 Å². The third-order valence-corrected chi connectivity index (χ3v) is 5.22. The minimum atomic E-state index is -0.629. The summed E-state index contributed by atoms with van der Waals surface area (Å²) < 4.78 is 5.37. The number of aromatic hydroxyl groups is 1. The molecule has 3 aromatic rings. The monoisotopic (exact) mass is 400 g/mol. The molecule has 1 unspecified atom stereocenters. The Bertz CT molecular complexity index is 1210. The predicted octanol–water partition coefficient (Wildman–Crippen LogP) is 4.73. The van der Waals surface area contributed by atoms with Crippen LogP contribution in [0.5, 0.6) is 5.75 Å². The summed E-state index contributed by atoms with van der Waals surface area (Å²) in [6.45, 7) is 1.90. The number of ether oxygens (including phenoxy) is 1. The molecule has 0 saturated heterocycles. The summed E-state index contributed by atoms with van der Waals surface area (Å²) in [6, 6.07) is 17.3. The van der Waals surface area contributed by atoms with Crippen LogP contribution in [0, 0.1) is 5.92 Å². The standard InChI is InChI=1S/C25H20O5/c1-15(12-17-13-22(26)19-8-4-5-9-20(19)23(17)27)14-30-25(29)21-11-10-16-6-2-3-7-18(16)24(21)28/h2-11,13,15,28H,12,14H2,1H3. The molecule has 1 aliphatic carbocycles. The van der Waals surface area contributed by atoms with Crippen molar-refractivity contribution < 1.29 is 24.2 Å². The normalized spacial score (nSPS) is 14.2. The number of rotatable bonds is 5. The van der Waals surface area contributed by atoms with Gasteiger partial charge in [-0.25, -0.2) is 4.79 Å². The molecule has 5 nitrogen and oxygen atoms in total. The molecule has 0 saturated carbocycles. The zero-order valence-corrected chi connectivity index (χ0v) is 16.4. The summed E-state index contributed by atoms with van der Waals surface area (Å²) >= 11 is 0. The van der Waals surface area contributed by atoms with Crippen molar-refractivity contribution in [3.63, 3.8) is 0 Å². The first kappa shape index (κ1) is 19.6. The lowest BCUT2D eigenvalue weighted by Crippen LogP contribution is -2.20. The van der Waals surface area contributed by atoms with E-state index in [1.165, 1.54) is 12.1 Å². The van der Waals surface area contributed by atoms with Crippen molar-refractivity contribution in [1.82, 2.24) is 0 Å². The molecule has 5 heteroatoms. The molecule has 1 atom stereocenters. The van der Waals surface area contributed by atoms with Gasteiger partial charge >= 0.3 is 5.97 Å². The number of ketones is 2. The number of phenols is 1. The van der Waals surface area contributed by atoms with Crippen LogP contribution in [0.3, 0.4) is 0 Å². The Morgan fingerprint density at radius 1 is 0.967 bits per heavy atom. The van der Waals surface area contributed by atoms with Gasteiger partial charge in [-0.15, -0.1) is 0 Å². The molecule has 0 radical (unpaired) electrons. The maximum Gasteiger partial charge on any atom is 0.341 e. The molecule has 0 bridgehead atoms. The van der Waals surface area contributed by atoms with Gasteiger partial charge in [-0.3, -0.25) is 9.59 Å². The number of fused-ring (bicyclic) bond motifs is 2. The van der Waals surface area contributed by atoms with E-state index in [0.29, 0.717) is 28.5 Å². The van der Waals surface area contributed by atoms with E-state index in [2.05, 4.69) is 0 Å². The Labute approximate surface area is 173 Å². The Morgan fingerprint density at radius 2 is 1.67 bits per heavy atom. The van der Waals surface area contributed by atoms with Gasteiger partial charge in [0.1, 0.15) is 11.3 Å². The second-order valence-corrected chi connectivity index (χ2v) is 7.50. The average molecular weight is 400 g/mol. The van der Waals surface area contributed by atoms with E-state index in [9.17, 15) is 19.5 Å². The Hall–Kier alpha value is -3.73. The van der Waals surface area contributed by atoms with Crippen LogP contribution in [0.25, 0.3) is 10.8 Å². The number of hydrogen-bond acceptors (Lipinski definition) is 5. The van der Waals surface area contributed by atoms with Gasteiger partial charge in [0.25, 0.3) is 0 Å². The summed E-state index contributed by atoms with van der Waals surface area (Å²) in [4.78, 5) is 37.4. The number of hydrogen-bond donors (Lipinski definition) is 1. The summed E-state index contributed by atoms with van der Waals surface area (Å²) in [5, 5.41) is 11.8. The molecule has 1 aliphatic rings. The van der Waals surface area contributed by atoms with E-state index < -0.39 is 5.97 Å². The molecule has 30 heavy (non-hydrogen) atoms. The molecular weight excluding hydrogens is 380 g/mol. The van der Waals surface area contributed by atoms with Crippen molar-refractivity contribution in [1.29, 1.82) is 0 Å². The molecule has 1 N–H and O–H groups in total. The van der Waals surface area contributed by atoms with E-state index in [1.807, 2.05) is 19.1 Å². The van der Waals surface area contributed by atoms with E-state index in [1.54, 1.807) is 42.5 Å². The van der Waals surface area contributed by atoms with Gasteiger partial charge in [-0.05, 0) is 29.9 Å². The first-order valence-electron chi connectivity index (χ1n) is 9.72. The van der Waals surface area contributed by atoms with Crippen LogP contribution in [-0.4, -0.2) is 29.2 Å². The Kier molecular flexibility index (Phi) is 5.19. The van der Waals surface area contributed by atoms with Gasteiger partial charge in [0.2, 0.25) is 0 Å². The molecule has 0 aliphatic heterocycles. The van der Waals surface area contributed by atoms with Gasteiger partial charge in [-0.1, -0.05) is 61.5 Å². The van der Waals surface area contributed by atoms with E-state index >= 15 is 0 Å². The van der Waals surface area contributed by atoms with Gasteiger partial charge in [0.15, 0.2) is 11.6 Å². The van der Waals surface area contributed by atoms with Crippen molar-refractivity contribution >= 4 is 28.3 Å². The molecule has 0 amide bonds. The highest BCUT2D eigenvalue weighted by atomic mass is 16.5. The van der Waals surface area contributed by atoms with Crippen LogP contribution in [0.15, 0.2) is 72.3 Å². The maximum atomic E-state index is 12.7. The molecule has 0 aromatic heterocycles. The summed E-state index contributed by atoms with van der Waals surface area (Å²) in [5.74, 6) is -1.28. The number of allylic oxidation sites excluding steroid dienone is 2. The van der Waals surface area contributed by atoms with Gasteiger partial charge in [0.05, 0.1) is 6.61 Å². The van der Waals surface area contributed by atoms with Crippen LogP contribution >= 0.6 is 0 Å². The molecular formula is C25H20O5. The van der Waals surface area contributed by atoms with Crippen LogP contribution in [-0.2, 0) is 4.74 Å². The lowest BCUT2D eigenvalue weighted by Gasteiger charge is -2.18. The molecule has 0 spiro atoms. The minimum Gasteiger partial charge on any atom is -0.506 e. The molecule has 0 heterocycles. The van der Waals surface area contributed by atoms with E-state index in [0.717, 1.165) is 5.39 Å². The van der Waals surface area contributed by atoms with Crippen molar-refractivity contribution in [2.75, 3.05) is 6.61 Å². The predicted molar refractivity (Wildman–Crippen MR) is 113 cm³/mol. The van der Waals surface area contributed by atoms with Crippen LogP contribution in [0.2, 0.25) is 0 Å². The Balaban J connectivity index is 1.43. The fraction of sp³-hybridized carbons (Fsp3) is 0.160. The zero-order chi connectivity index (χ0) is 21.3. The van der Waals surface area contributed by atoms with Crippen molar-refractivity contribution in [2.24, 2.45) is 5.92 Å². The molecule has 4 rings (SSSR count). The van der Waals surface area contributed by atoms with E-state index in [4.69, 9.17) is 4.74 Å². The molecule has 3 aromatic carbocycles. The third kappa shape index (κ3) is 3.62. The topological polar surface area (TPSA) is 80.7 Å². The highest BCUT2D eigenvalue weighted by Gasteiger charge is 2.26. The maximum absolute atomic E-state index is 12.7. The minimum absolute atomic E-state index is 0.0611. The number of Topliss-reactive ketones (excluding diaryl/α,β-unsaturated/α-hetero) is 1. The summed E-state index contributed by atoms with van der Waals surface area (Å²) in [7, 11) is 0. The van der Waals surface area contributed by atoms with Crippen molar-refractivity contribution in [3.8, 4) is 5.75 Å². The van der Waals surface area contributed by atoms with Gasteiger partial charge in [-0.2, -0.15) is 0 Å². The second kappa shape index (κ2) is 7.95. The average Bonchev–Trinajstić information content (AvgIpc) is 2.76. The SMILES string of the molecule is CC(COC(=O)c1ccc2ccccc2c1O)CC1=CC(=O)c2ccccc2C1=O. The van der Waals surface area contributed by atoms with Crippen LogP contribution < -0.4 is 0 Å².